The minimum atomic E-state index is -3.09. The Morgan fingerprint density at radius 2 is 1.83 bits per heavy atom. The molecule has 5 heterocycles. The van der Waals surface area contributed by atoms with Crippen molar-refractivity contribution in [2.24, 2.45) is 13.0 Å². The van der Waals surface area contributed by atoms with Crippen LogP contribution in [-0.2, 0) is 28.0 Å². The molecule has 0 bridgehead atoms. The molecule has 2 aromatic carbocycles. The molecule has 0 radical (unpaired) electrons. The Morgan fingerprint density at radius 3 is 2.53 bits per heavy atom. The van der Waals surface area contributed by atoms with Crippen molar-refractivity contribution in [3.8, 4) is 16.9 Å². The van der Waals surface area contributed by atoms with Gasteiger partial charge in [-0.3, -0.25) is 29.4 Å². The first-order chi connectivity index (χ1) is 25.4. The number of carbonyl (C=O) groups excluding carboxylic acids is 3. The number of nitrogens with one attached hydrogen (secondary N) is 3. The minimum absolute atomic E-state index is 0.0928. The van der Waals surface area contributed by atoms with Crippen molar-refractivity contribution in [2.75, 3.05) is 38.6 Å². The summed E-state index contributed by atoms with van der Waals surface area (Å²) in [5, 5.41) is 5.89. The molecule has 7 rings (SSSR count). The molecule has 0 saturated carbocycles. The summed E-state index contributed by atoms with van der Waals surface area (Å²) < 4.78 is 38.3. The van der Waals surface area contributed by atoms with Gasteiger partial charge in [-0.25, -0.2) is 13.8 Å². The number of nitrogens with zero attached hydrogens (tertiary/aromatic N) is 4. The number of benzene rings is 2. The van der Waals surface area contributed by atoms with Gasteiger partial charge in [0.05, 0.1) is 25.9 Å². The van der Waals surface area contributed by atoms with E-state index in [4.69, 9.17) is 16.3 Å². The molecule has 2 atom stereocenters. The van der Waals surface area contributed by atoms with E-state index in [1.54, 1.807) is 44.6 Å². The summed E-state index contributed by atoms with van der Waals surface area (Å²) in [6.45, 7) is 1.63. The van der Waals surface area contributed by atoms with Gasteiger partial charge in [-0.1, -0.05) is 23.7 Å². The number of imidazole rings is 1. The van der Waals surface area contributed by atoms with Gasteiger partial charge in [0.25, 0.3) is 11.5 Å². The van der Waals surface area contributed by atoms with Crippen LogP contribution in [0.25, 0.3) is 22.2 Å². The Morgan fingerprint density at radius 1 is 1.08 bits per heavy atom. The minimum Gasteiger partial charge on any atom is -0.496 e. The second-order valence-corrected chi connectivity index (χ2v) is 14.7. The Kier molecular flexibility index (Phi) is 10.3. The molecule has 12 nitrogen and oxygen atoms in total. The number of likely N-dealkylation sites (tertiary alicyclic amines) is 2. The lowest BCUT2D eigenvalue weighted by Crippen LogP contribution is -2.50. The zero-order valence-electron chi connectivity index (χ0n) is 29.6. The van der Waals surface area contributed by atoms with Gasteiger partial charge >= 0.3 is 0 Å². The molecule has 4 aromatic rings. The zero-order chi connectivity index (χ0) is 37.4. The van der Waals surface area contributed by atoms with Crippen molar-refractivity contribution in [2.45, 2.75) is 63.0 Å². The molecule has 2 aromatic heterocycles. The van der Waals surface area contributed by atoms with E-state index in [1.807, 2.05) is 12.1 Å². The molecule has 3 N–H and O–H groups in total. The lowest BCUT2D eigenvalue weighted by molar-refractivity contribution is -0.145. The van der Waals surface area contributed by atoms with Crippen molar-refractivity contribution in [1.82, 2.24) is 29.7 Å². The fourth-order valence-corrected chi connectivity index (χ4v) is 8.09. The van der Waals surface area contributed by atoms with Crippen LogP contribution in [0.3, 0.4) is 0 Å². The molecule has 0 aliphatic carbocycles. The van der Waals surface area contributed by atoms with Gasteiger partial charge in [0.1, 0.15) is 22.8 Å². The Balaban J connectivity index is 0.917. The first kappa shape index (κ1) is 36.5. The number of hydrogen-bond donors (Lipinski definition) is 3. The smallest absolute Gasteiger partial charge is 0.276 e. The number of imide groups is 1. The van der Waals surface area contributed by atoms with Gasteiger partial charge in [-0.2, -0.15) is 0 Å². The highest BCUT2D eigenvalue weighted by atomic mass is 35.5. The number of carbonyl (C=O) groups is 3. The Bertz CT molecular complexity index is 2090. The number of piperidine rings is 3. The number of alkyl halides is 2. The van der Waals surface area contributed by atoms with E-state index in [-0.39, 0.29) is 49.1 Å². The number of aryl methyl sites for hydroxylation is 1. The van der Waals surface area contributed by atoms with Crippen LogP contribution in [0.5, 0.6) is 5.75 Å². The number of fused-ring (bicyclic) bond motifs is 1. The number of hydrogen-bond acceptors (Lipinski definition) is 8. The predicted molar refractivity (Wildman–Crippen MR) is 196 cm³/mol. The van der Waals surface area contributed by atoms with E-state index in [0.29, 0.717) is 46.0 Å². The van der Waals surface area contributed by atoms with Crippen molar-refractivity contribution < 1.29 is 27.9 Å². The average Bonchev–Trinajstić information content (AvgIpc) is 3.63. The number of ether oxygens (including phenoxy) is 1. The number of pyridine rings is 1. The molecule has 3 fully saturated rings. The number of aromatic nitrogens is 3. The van der Waals surface area contributed by atoms with Crippen LogP contribution in [0, 0.1) is 5.92 Å². The van der Waals surface area contributed by atoms with E-state index < -0.39 is 30.3 Å². The quantitative estimate of drug-likeness (QED) is 0.202. The van der Waals surface area contributed by atoms with Crippen molar-refractivity contribution in [3.63, 3.8) is 0 Å². The molecule has 280 valence electrons. The normalized spacial score (nSPS) is 21.1. The maximum absolute atomic E-state index is 15.5. The molecule has 2 unspecified atom stereocenters. The molecule has 3 aliphatic heterocycles. The maximum Gasteiger partial charge on any atom is 0.276 e. The third kappa shape index (κ3) is 7.65. The van der Waals surface area contributed by atoms with E-state index in [1.165, 1.54) is 15.8 Å². The largest absolute Gasteiger partial charge is 0.496 e. The number of halogens is 3. The number of methoxy groups -OCH3 is 1. The molecule has 0 spiro atoms. The number of rotatable bonds is 9. The van der Waals surface area contributed by atoms with E-state index in [2.05, 4.69) is 25.5 Å². The average molecular weight is 750 g/mol. The Hall–Kier alpha value is -4.82. The molecule has 3 saturated heterocycles. The highest BCUT2D eigenvalue weighted by Crippen LogP contribution is 2.41. The molecule has 3 amide bonds. The maximum atomic E-state index is 15.5. The third-order valence-electron chi connectivity index (χ3n) is 10.8. The van der Waals surface area contributed by atoms with Crippen molar-refractivity contribution in [1.29, 1.82) is 0 Å². The van der Waals surface area contributed by atoms with Gasteiger partial charge in [-0.05, 0) is 80.1 Å². The summed E-state index contributed by atoms with van der Waals surface area (Å²) in [6.07, 6.45) is 5.72. The predicted octanol–water partition coefficient (Wildman–Crippen LogP) is 5.06. The fourth-order valence-electron chi connectivity index (χ4n) is 7.82. The zero-order valence-corrected chi connectivity index (χ0v) is 30.3. The van der Waals surface area contributed by atoms with Crippen molar-refractivity contribution in [3.05, 3.63) is 75.4 Å². The standard InChI is InChI=1S/C38H42ClF2N7O5/c1-46-18-26(34-35(37(46)52)43-21-42-34)24-16-29(39)27(31(17-24)53-2)19-47-12-9-22(10-13-47)15-33(50)48-14-11-28(38(40,41)20-48)23-3-5-25(6-4-23)44-30-7-8-32(49)45-36(30)51/h3-6,16-18,21-22,28,30,44H,7-15,19-20H2,1-2H3,(H,42,43)(H,45,49,51). The van der Waals surface area contributed by atoms with Gasteiger partial charge in [0.15, 0.2) is 0 Å². The molecular formula is C38H42ClF2N7O5. The van der Waals surface area contributed by atoms with Gasteiger partial charge < -0.3 is 24.5 Å². The van der Waals surface area contributed by atoms with Crippen LogP contribution < -0.4 is 20.9 Å². The van der Waals surface area contributed by atoms with Gasteiger partial charge in [-0.15, -0.1) is 0 Å². The molecule has 3 aliphatic rings. The second kappa shape index (κ2) is 14.9. The fraction of sp³-hybridized carbons (Fsp3) is 0.447. The Labute approximate surface area is 309 Å². The van der Waals surface area contributed by atoms with Gasteiger partial charge in [0.2, 0.25) is 17.7 Å². The van der Waals surface area contributed by atoms with Gasteiger partial charge in [0, 0.05) is 61.0 Å². The van der Waals surface area contributed by atoms with E-state index >= 15 is 8.78 Å². The highest BCUT2D eigenvalue weighted by molar-refractivity contribution is 6.32. The van der Waals surface area contributed by atoms with Crippen LogP contribution >= 0.6 is 11.6 Å². The SMILES string of the molecule is COc1cc(-c2cn(C)c(=O)c3[nH]cnc23)cc(Cl)c1CN1CCC(CC(=O)N2CCC(c3ccc(NC4CCC(=O)NC4=O)cc3)C(F)(F)C2)CC1. The van der Waals surface area contributed by atoms with E-state index in [9.17, 15) is 19.2 Å². The number of aromatic amines is 1. The summed E-state index contributed by atoms with van der Waals surface area (Å²) in [5.74, 6) is -4.35. The lowest BCUT2D eigenvalue weighted by atomic mass is 9.85. The molecular weight excluding hydrogens is 708 g/mol. The van der Waals surface area contributed by atoms with Crippen LogP contribution in [0.15, 0.2) is 53.7 Å². The van der Waals surface area contributed by atoms with Crippen LogP contribution in [0.1, 0.15) is 55.6 Å². The second-order valence-electron chi connectivity index (χ2n) is 14.3. The van der Waals surface area contributed by atoms with Crippen molar-refractivity contribution >= 4 is 46.0 Å². The summed E-state index contributed by atoms with van der Waals surface area (Å²) in [6, 6.07) is 9.82. The van der Waals surface area contributed by atoms with Crippen LogP contribution in [0.2, 0.25) is 5.02 Å². The molecule has 15 heteroatoms. The molecule has 53 heavy (non-hydrogen) atoms. The lowest BCUT2D eigenvalue weighted by Gasteiger charge is -2.39. The van der Waals surface area contributed by atoms with E-state index in [0.717, 1.165) is 42.6 Å². The number of H-pyrrole nitrogens is 1. The topological polar surface area (TPSA) is 142 Å². The summed E-state index contributed by atoms with van der Waals surface area (Å²) in [7, 11) is 3.27. The van der Waals surface area contributed by atoms with Crippen LogP contribution in [0.4, 0.5) is 14.5 Å². The first-order valence-corrected chi connectivity index (χ1v) is 18.3. The highest BCUT2D eigenvalue weighted by Gasteiger charge is 2.46. The number of anilines is 1. The third-order valence-corrected chi connectivity index (χ3v) is 11.2. The number of amides is 3. The van der Waals surface area contributed by atoms with Crippen LogP contribution in [-0.4, -0.2) is 87.3 Å². The monoisotopic (exact) mass is 749 g/mol. The summed E-state index contributed by atoms with van der Waals surface area (Å²) in [5.41, 5.74) is 4.23. The first-order valence-electron chi connectivity index (χ1n) is 17.9. The summed E-state index contributed by atoms with van der Waals surface area (Å²) >= 11 is 6.85. The summed E-state index contributed by atoms with van der Waals surface area (Å²) in [4.78, 5) is 60.1.